The second-order valence-electron chi connectivity index (χ2n) is 1.37. The number of carbonyl (C=O) groups is 1. The van der Waals surface area contributed by atoms with Crippen LogP contribution < -0.4 is 0 Å². The van der Waals surface area contributed by atoms with E-state index in [0.29, 0.717) is 5.69 Å². The third-order valence-corrected chi connectivity index (χ3v) is 0.809. The molecule has 0 bridgehead atoms. The summed E-state index contributed by atoms with van der Waals surface area (Å²) >= 11 is 0. The molecule has 12 heavy (non-hydrogen) atoms. The summed E-state index contributed by atoms with van der Waals surface area (Å²) in [5, 5.41) is 0. The monoisotopic (exact) mass is 167 g/mol. The van der Waals surface area contributed by atoms with Crippen molar-refractivity contribution in [3.8, 4) is 0 Å². The van der Waals surface area contributed by atoms with E-state index in [1.807, 2.05) is 27.7 Å². The standard InChI is InChI=1S/C6H5NO.2C2H6/c8-5-6-3-1-2-4-7-6;2*1-2/h1-5H;2*1-2H3. The molecule has 1 heterocycles. The van der Waals surface area contributed by atoms with Gasteiger partial charge in [-0.2, -0.15) is 0 Å². The average molecular weight is 167 g/mol. The van der Waals surface area contributed by atoms with E-state index in [0.717, 1.165) is 6.29 Å². The van der Waals surface area contributed by atoms with Gasteiger partial charge < -0.3 is 0 Å². The molecule has 0 spiro atoms. The van der Waals surface area contributed by atoms with Gasteiger partial charge in [-0.15, -0.1) is 0 Å². The summed E-state index contributed by atoms with van der Waals surface area (Å²) in [6, 6.07) is 5.21. The normalized spacial score (nSPS) is 6.67. The fourth-order valence-electron chi connectivity index (χ4n) is 0.446. The van der Waals surface area contributed by atoms with E-state index < -0.39 is 0 Å². The van der Waals surface area contributed by atoms with Crippen LogP contribution in [0.25, 0.3) is 0 Å². The van der Waals surface area contributed by atoms with Crippen LogP contribution in [0.15, 0.2) is 24.4 Å². The third-order valence-electron chi connectivity index (χ3n) is 0.809. The van der Waals surface area contributed by atoms with Crippen LogP contribution in [0.4, 0.5) is 0 Å². The third kappa shape index (κ3) is 6.93. The van der Waals surface area contributed by atoms with Gasteiger partial charge in [0.2, 0.25) is 0 Å². The molecule has 2 nitrogen and oxygen atoms in total. The molecule has 0 N–H and O–H groups in total. The topological polar surface area (TPSA) is 30.0 Å². The Morgan fingerprint density at radius 2 is 1.75 bits per heavy atom. The quantitative estimate of drug-likeness (QED) is 0.602. The number of aldehydes is 1. The lowest BCUT2D eigenvalue weighted by Gasteiger charge is -1.81. The van der Waals surface area contributed by atoms with Crippen molar-refractivity contribution in [2.45, 2.75) is 27.7 Å². The van der Waals surface area contributed by atoms with Crippen molar-refractivity contribution in [2.24, 2.45) is 0 Å². The van der Waals surface area contributed by atoms with Gasteiger partial charge in [0, 0.05) is 6.20 Å². The van der Waals surface area contributed by atoms with Crippen LogP contribution >= 0.6 is 0 Å². The Bertz CT molecular complexity index is 172. The SMILES string of the molecule is CC.CC.O=Cc1ccccn1. The van der Waals surface area contributed by atoms with Crippen molar-refractivity contribution in [3.63, 3.8) is 0 Å². The number of pyridine rings is 1. The molecule has 0 saturated carbocycles. The highest BCUT2D eigenvalue weighted by Gasteiger charge is 1.81. The lowest BCUT2D eigenvalue weighted by molar-refractivity contribution is 0.111. The molecule has 1 aromatic heterocycles. The number of hydrogen-bond donors (Lipinski definition) is 0. The number of rotatable bonds is 1. The minimum Gasteiger partial charge on any atom is -0.296 e. The summed E-state index contributed by atoms with van der Waals surface area (Å²) in [4.78, 5) is 13.7. The summed E-state index contributed by atoms with van der Waals surface area (Å²) in [5.41, 5.74) is 0.479. The van der Waals surface area contributed by atoms with Gasteiger partial charge in [0.25, 0.3) is 0 Å². The first-order valence-corrected chi connectivity index (χ1v) is 4.29. The van der Waals surface area contributed by atoms with Crippen molar-refractivity contribution < 1.29 is 4.79 Å². The number of hydrogen-bond acceptors (Lipinski definition) is 2. The van der Waals surface area contributed by atoms with E-state index in [1.54, 1.807) is 24.4 Å². The lowest BCUT2D eigenvalue weighted by atomic mass is 10.4. The van der Waals surface area contributed by atoms with Gasteiger partial charge in [0.1, 0.15) is 5.69 Å². The molecule has 0 radical (unpaired) electrons. The van der Waals surface area contributed by atoms with Crippen molar-refractivity contribution in [2.75, 3.05) is 0 Å². The molecular weight excluding hydrogens is 150 g/mol. The van der Waals surface area contributed by atoms with Crippen LogP contribution in [0.1, 0.15) is 38.2 Å². The zero-order valence-electron chi connectivity index (χ0n) is 8.24. The fraction of sp³-hybridized carbons (Fsp3) is 0.400. The smallest absolute Gasteiger partial charge is 0.168 e. The molecule has 0 atom stereocenters. The Morgan fingerprint density at radius 1 is 1.17 bits per heavy atom. The van der Waals surface area contributed by atoms with Crippen molar-refractivity contribution in [3.05, 3.63) is 30.1 Å². The van der Waals surface area contributed by atoms with E-state index in [9.17, 15) is 4.79 Å². The fourth-order valence-corrected chi connectivity index (χ4v) is 0.446. The first-order valence-electron chi connectivity index (χ1n) is 4.29. The van der Waals surface area contributed by atoms with Gasteiger partial charge in [-0.05, 0) is 12.1 Å². The summed E-state index contributed by atoms with van der Waals surface area (Å²) in [6.45, 7) is 8.00. The maximum absolute atomic E-state index is 9.94. The first kappa shape index (κ1) is 13.4. The maximum Gasteiger partial charge on any atom is 0.168 e. The summed E-state index contributed by atoms with van der Waals surface area (Å²) in [5.74, 6) is 0. The average Bonchev–Trinajstić information content (AvgIpc) is 2.25. The van der Waals surface area contributed by atoms with E-state index in [-0.39, 0.29) is 0 Å². The largest absolute Gasteiger partial charge is 0.296 e. The molecular formula is C10H17NO. The molecule has 0 fully saturated rings. The molecule has 0 aliphatic carbocycles. The zero-order chi connectivity index (χ0) is 9.82. The molecule has 68 valence electrons. The highest BCUT2D eigenvalue weighted by molar-refractivity contribution is 5.71. The van der Waals surface area contributed by atoms with Crippen LogP contribution in [0.3, 0.4) is 0 Å². The van der Waals surface area contributed by atoms with Crippen molar-refractivity contribution in [1.29, 1.82) is 0 Å². The molecule has 0 saturated heterocycles. The van der Waals surface area contributed by atoms with E-state index in [1.165, 1.54) is 0 Å². The second-order valence-corrected chi connectivity index (χ2v) is 1.37. The van der Waals surface area contributed by atoms with Crippen LogP contribution in [-0.4, -0.2) is 11.3 Å². The predicted octanol–water partition coefficient (Wildman–Crippen LogP) is 2.95. The Labute approximate surface area is 74.6 Å². The van der Waals surface area contributed by atoms with E-state index >= 15 is 0 Å². The molecule has 0 amide bonds. The molecule has 0 aromatic carbocycles. The number of nitrogens with zero attached hydrogens (tertiary/aromatic N) is 1. The maximum atomic E-state index is 9.94. The Hall–Kier alpha value is -1.18. The van der Waals surface area contributed by atoms with E-state index in [4.69, 9.17) is 0 Å². The van der Waals surface area contributed by atoms with Gasteiger partial charge in [-0.25, -0.2) is 0 Å². The van der Waals surface area contributed by atoms with E-state index in [2.05, 4.69) is 4.98 Å². The van der Waals surface area contributed by atoms with Crippen LogP contribution in [0.2, 0.25) is 0 Å². The highest BCUT2D eigenvalue weighted by atomic mass is 16.1. The van der Waals surface area contributed by atoms with Gasteiger partial charge in [-0.1, -0.05) is 33.8 Å². The van der Waals surface area contributed by atoms with Crippen LogP contribution in [0.5, 0.6) is 0 Å². The van der Waals surface area contributed by atoms with Crippen LogP contribution in [-0.2, 0) is 0 Å². The molecule has 0 unspecified atom stereocenters. The molecule has 2 heteroatoms. The molecule has 0 aliphatic heterocycles. The van der Waals surface area contributed by atoms with Gasteiger partial charge in [0.15, 0.2) is 6.29 Å². The number of aromatic nitrogens is 1. The second kappa shape index (κ2) is 12.5. The van der Waals surface area contributed by atoms with Crippen molar-refractivity contribution >= 4 is 6.29 Å². The first-order chi connectivity index (χ1) is 5.93. The minimum absolute atomic E-state index is 0.479. The molecule has 1 rings (SSSR count). The molecule has 1 aromatic rings. The predicted molar refractivity (Wildman–Crippen MR) is 52.3 cm³/mol. The Balaban J connectivity index is 0. The minimum atomic E-state index is 0.479. The zero-order valence-corrected chi connectivity index (χ0v) is 8.24. The summed E-state index contributed by atoms with van der Waals surface area (Å²) in [7, 11) is 0. The van der Waals surface area contributed by atoms with Gasteiger partial charge >= 0.3 is 0 Å². The van der Waals surface area contributed by atoms with Gasteiger partial charge in [0.05, 0.1) is 0 Å². The van der Waals surface area contributed by atoms with Crippen molar-refractivity contribution in [1.82, 2.24) is 4.98 Å². The highest BCUT2D eigenvalue weighted by Crippen LogP contribution is 1.85. The van der Waals surface area contributed by atoms with Crippen LogP contribution in [0, 0.1) is 0 Å². The summed E-state index contributed by atoms with van der Waals surface area (Å²) in [6.07, 6.45) is 2.31. The van der Waals surface area contributed by atoms with Gasteiger partial charge in [-0.3, -0.25) is 9.78 Å². The number of carbonyl (C=O) groups excluding carboxylic acids is 1. The lowest BCUT2D eigenvalue weighted by Crippen LogP contribution is -1.80. The Kier molecular flexibility index (Phi) is 14.0. The molecule has 0 aliphatic rings. The Morgan fingerprint density at radius 3 is 2.00 bits per heavy atom. The summed E-state index contributed by atoms with van der Waals surface area (Å²) < 4.78 is 0.